The molecular weight excluding hydrogens is 252 g/mol. The van der Waals surface area contributed by atoms with Crippen LogP contribution in [0.1, 0.15) is 29.6 Å². The lowest BCUT2D eigenvalue weighted by molar-refractivity contribution is 0.0780. The molecule has 4 nitrogen and oxygen atoms in total. The number of carbonyl (C=O) groups excluding carboxylic acids is 1. The van der Waals surface area contributed by atoms with Crippen molar-refractivity contribution in [2.75, 3.05) is 20.2 Å². The van der Waals surface area contributed by atoms with Crippen molar-refractivity contribution in [2.24, 2.45) is 17.6 Å². The summed E-state index contributed by atoms with van der Waals surface area (Å²) in [5, 5.41) is 0. The zero-order chi connectivity index (χ0) is 14.1. The molecule has 1 heterocycles. The molecule has 20 heavy (non-hydrogen) atoms. The standard InChI is InChI=1S/C16H22N2O2/c1-20-15-5-3-2-4-14(15)16(19)18-9-11-6-7-13(17)8-12(11)10-18/h2-5,11-13H,6-10,17H2,1H3/t11-,12+,13?/m1/s1. The van der Waals surface area contributed by atoms with Crippen LogP contribution in [0.4, 0.5) is 0 Å². The lowest BCUT2D eigenvalue weighted by atomic mass is 9.79. The Hall–Kier alpha value is -1.55. The van der Waals surface area contributed by atoms with E-state index in [1.54, 1.807) is 7.11 Å². The average molecular weight is 274 g/mol. The van der Waals surface area contributed by atoms with Crippen LogP contribution in [0.15, 0.2) is 24.3 Å². The molecule has 0 bridgehead atoms. The van der Waals surface area contributed by atoms with Crippen LogP contribution in [0.25, 0.3) is 0 Å². The minimum absolute atomic E-state index is 0.0884. The van der Waals surface area contributed by atoms with Gasteiger partial charge in [-0.05, 0) is 43.2 Å². The lowest BCUT2D eigenvalue weighted by Crippen LogP contribution is -2.32. The minimum Gasteiger partial charge on any atom is -0.496 e. The number of benzene rings is 1. The highest BCUT2D eigenvalue weighted by Crippen LogP contribution is 2.36. The number of hydrogen-bond donors (Lipinski definition) is 1. The maximum Gasteiger partial charge on any atom is 0.257 e. The van der Waals surface area contributed by atoms with Crippen molar-refractivity contribution in [3.8, 4) is 5.75 Å². The lowest BCUT2D eigenvalue weighted by Gasteiger charge is -2.27. The van der Waals surface area contributed by atoms with E-state index in [-0.39, 0.29) is 5.91 Å². The Morgan fingerprint density at radius 2 is 2.00 bits per heavy atom. The molecule has 0 radical (unpaired) electrons. The van der Waals surface area contributed by atoms with Gasteiger partial charge in [-0.3, -0.25) is 4.79 Å². The second kappa shape index (κ2) is 5.44. The van der Waals surface area contributed by atoms with Gasteiger partial charge in [0, 0.05) is 19.1 Å². The number of fused-ring (bicyclic) bond motifs is 1. The highest BCUT2D eigenvalue weighted by molar-refractivity contribution is 5.97. The largest absolute Gasteiger partial charge is 0.496 e. The van der Waals surface area contributed by atoms with Gasteiger partial charge in [0.15, 0.2) is 0 Å². The number of hydrogen-bond acceptors (Lipinski definition) is 3. The zero-order valence-corrected chi connectivity index (χ0v) is 11.9. The molecule has 1 aromatic rings. The van der Waals surface area contributed by atoms with Crippen LogP contribution in [0, 0.1) is 11.8 Å². The van der Waals surface area contributed by atoms with E-state index in [9.17, 15) is 4.79 Å². The van der Waals surface area contributed by atoms with Crippen molar-refractivity contribution in [1.29, 1.82) is 0 Å². The summed E-state index contributed by atoms with van der Waals surface area (Å²) in [6.07, 6.45) is 3.31. The summed E-state index contributed by atoms with van der Waals surface area (Å²) in [6.45, 7) is 1.71. The molecule has 3 atom stereocenters. The third-order valence-corrected chi connectivity index (χ3v) is 4.71. The van der Waals surface area contributed by atoms with Crippen LogP contribution < -0.4 is 10.5 Å². The summed E-state index contributed by atoms with van der Waals surface area (Å²) in [7, 11) is 1.61. The average Bonchev–Trinajstić information content (AvgIpc) is 2.89. The molecule has 2 N–H and O–H groups in total. The molecular formula is C16H22N2O2. The minimum atomic E-state index is 0.0884. The van der Waals surface area contributed by atoms with Gasteiger partial charge >= 0.3 is 0 Å². The molecule has 1 saturated heterocycles. The van der Waals surface area contributed by atoms with Crippen molar-refractivity contribution >= 4 is 5.91 Å². The number of nitrogens with two attached hydrogens (primary N) is 1. The van der Waals surface area contributed by atoms with E-state index in [4.69, 9.17) is 10.5 Å². The number of methoxy groups -OCH3 is 1. The van der Waals surface area contributed by atoms with Crippen molar-refractivity contribution in [2.45, 2.75) is 25.3 Å². The molecule has 108 valence electrons. The SMILES string of the molecule is COc1ccccc1C(=O)N1C[C@H]2CCC(N)C[C@H]2C1. The smallest absolute Gasteiger partial charge is 0.257 e. The Bertz CT molecular complexity index is 503. The molecule has 1 saturated carbocycles. The maximum absolute atomic E-state index is 12.7. The van der Waals surface area contributed by atoms with E-state index in [0.29, 0.717) is 29.2 Å². The van der Waals surface area contributed by atoms with Gasteiger partial charge in [0.05, 0.1) is 12.7 Å². The van der Waals surface area contributed by atoms with E-state index in [0.717, 1.165) is 32.4 Å². The second-order valence-electron chi connectivity index (χ2n) is 6.00. The Morgan fingerprint density at radius 3 is 2.80 bits per heavy atom. The van der Waals surface area contributed by atoms with Crippen LogP contribution in [-0.2, 0) is 0 Å². The summed E-state index contributed by atoms with van der Waals surface area (Å²) in [5.41, 5.74) is 6.71. The van der Waals surface area contributed by atoms with Gasteiger partial charge in [-0.15, -0.1) is 0 Å². The molecule has 2 fully saturated rings. The first-order chi connectivity index (χ1) is 9.69. The number of para-hydroxylation sites is 1. The third kappa shape index (κ3) is 2.40. The number of carbonyl (C=O) groups is 1. The molecule has 0 aromatic heterocycles. The van der Waals surface area contributed by atoms with Crippen molar-refractivity contribution in [1.82, 2.24) is 4.90 Å². The highest BCUT2D eigenvalue weighted by atomic mass is 16.5. The van der Waals surface area contributed by atoms with Gasteiger partial charge < -0.3 is 15.4 Å². The van der Waals surface area contributed by atoms with Gasteiger partial charge in [0.2, 0.25) is 0 Å². The third-order valence-electron chi connectivity index (χ3n) is 4.71. The normalized spacial score (nSPS) is 29.1. The van der Waals surface area contributed by atoms with Gasteiger partial charge in [-0.1, -0.05) is 12.1 Å². The molecule has 1 amide bonds. The molecule has 1 unspecified atom stereocenters. The van der Waals surface area contributed by atoms with Gasteiger partial charge in [-0.2, -0.15) is 0 Å². The van der Waals surface area contributed by atoms with Crippen LogP contribution in [0.2, 0.25) is 0 Å². The number of likely N-dealkylation sites (tertiary alicyclic amines) is 1. The Morgan fingerprint density at radius 1 is 1.25 bits per heavy atom. The van der Waals surface area contributed by atoms with Crippen molar-refractivity contribution in [3.05, 3.63) is 29.8 Å². The van der Waals surface area contributed by atoms with Crippen LogP contribution in [0.3, 0.4) is 0 Å². The summed E-state index contributed by atoms with van der Waals surface area (Å²) < 4.78 is 5.29. The first-order valence-electron chi connectivity index (χ1n) is 7.37. The number of ether oxygens (including phenoxy) is 1. The predicted octanol–water partition coefficient (Wildman–Crippen LogP) is 1.89. The summed E-state index contributed by atoms with van der Waals surface area (Å²) in [4.78, 5) is 14.6. The molecule has 1 aliphatic heterocycles. The van der Waals surface area contributed by atoms with Crippen molar-refractivity contribution in [3.63, 3.8) is 0 Å². The topological polar surface area (TPSA) is 55.6 Å². The van der Waals surface area contributed by atoms with E-state index in [1.807, 2.05) is 29.2 Å². The zero-order valence-electron chi connectivity index (χ0n) is 11.9. The molecule has 3 rings (SSSR count). The summed E-state index contributed by atoms with van der Waals surface area (Å²) in [6, 6.07) is 7.77. The number of rotatable bonds is 2. The maximum atomic E-state index is 12.7. The molecule has 1 aromatic carbocycles. The van der Waals surface area contributed by atoms with E-state index in [2.05, 4.69) is 0 Å². The second-order valence-corrected chi connectivity index (χ2v) is 6.00. The first kappa shape index (κ1) is 13.4. The molecule has 4 heteroatoms. The van der Waals surface area contributed by atoms with Crippen LogP contribution in [0.5, 0.6) is 5.75 Å². The number of amides is 1. The quantitative estimate of drug-likeness (QED) is 0.896. The van der Waals surface area contributed by atoms with E-state index in [1.165, 1.54) is 0 Å². The fourth-order valence-electron chi connectivity index (χ4n) is 3.63. The Labute approximate surface area is 119 Å². The summed E-state index contributed by atoms with van der Waals surface area (Å²) in [5.74, 6) is 1.96. The molecule has 0 spiro atoms. The first-order valence-corrected chi connectivity index (χ1v) is 7.37. The Kier molecular flexibility index (Phi) is 3.66. The van der Waals surface area contributed by atoms with Crippen LogP contribution >= 0.6 is 0 Å². The molecule has 1 aliphatic carbocycles. The molecule has 2 aliphatic rings. The monoisotopic (exact) mass is 274 g/mol. The Balaban J connectivity index is 1.75. The predicted molar refractivity (Wildman–Crippen MR) is 77.7 cm³/mol. The van der Waals surface area contributed by atoms with Gasteiger partial charge in [0.1, 0.15) is 5.75 Å². The van der Waals surface area contributed by atoms with Gasteiger partial charge in [0.25, 0.3) is 5.91 Å². The summed E-state index contributed by atoms with van der Waals surface area (Å²) >= 11 is 0. The fraction of sp³-hybridized carbons (Fsp3) is 0.562. The van der Waals surface area contributed by atoms with E-state index >= 15 is 0 Å². The fourth-order valence-corrected chi connectivity index (χ4v) is 3.63. The van der Waals surface area contributed by atoms with Crippen molar-refractivity contribution < 1.29 is 9.53 Å². The van der Waals surface area contributed by atoms with Gasteiger partial charge in [-0.25, -0.2) is 0 Å². The van der Waals surface area contributed by atoms with Crippen LogP contribution in [-0.4, -0.2) is 37.0 Å². The highest BCUT2D eigenvalue weighted by Gasteiger charge is 2.39. The number of nitrogens with zero attached hydrogens (tertiary/aromatic N) is 1. The van der Waals surface area contributed by atoms with E-state index < -0.39 is 0 Å².